The van der Waals surface area contributed by atoms with Gasteiger partial charge in [-0.05, 0) is 43.9 Å². The largest absolute Gasteiger partial charge is 0.496 e. The first-order chi connectivity index (χ1) is 19.6. The van der Waals surface area contributed by atoms with Crippen LogP contribution < -0.4 is 24.2 Å². The molecule has 218 valence electrons. The van der Waals surface area contributed by atoms with Crippen molar-refractivity contribution < 1.29 is 27.4 Å². The van der Waals surface area contributed by atoms with Crippen LogP contribution in [-0.4, -0.2) is 81.2 Å². The normalized spacial score (nSPS) is 11.8. The molecular formula is C27H33N7O6S. The van der Waals surface area contributed by atoms with Gasteiger partial charge in [-0.25, -0.2) is 8.42 Å². The highest BCUT2D eigenvalue weighted by atomic mass is 32.2. The van der Waals surface area contributed by atoms with Crippen LogP contribution in [0.3, 0.4) is 0 Å². The van der Waals surface area contributed by atoms with Crippen LogP contribution in [0.15, 0.2) is 59.8 Å². The molecule has 0 bridgehead atoms. The third-order valence-electron chi connectivity index (χ3n) is 6.03. The van der Waals surface area contributed by atoms with Crippen molar-refractivity contribution in [3.63, 3.8) is 0 Å². The molecule has 0 saturated heterocycles. The smallest absolute Gasteiger partial charge is 0.270 e. The Kier molecular flexibility index (Phi) is 9.14. The van der Waals surface area contributed by atoms with Crippen molar-refractivity contribution in [1.29, 1.82) is 0 Å². The average molecular weight is 584 g/mol. The van der Waals surface area contributed by atoms with Gasteiger partial charge in [-0.2, -0.15) is 10.2 Å². The highest BCUT2D eigenvalue weighted by Gasteiger charge is 2.27. The van der Waals surface area contributed by atoms with E-state index >= 15 is 0 Å². The molecule has 0 spiro atoms. The molecule has 4 rings (SSSR count). The summed E-state index contributed by atoms with van der Waals surface area (Å²) in [5.74, 6) is 0.563. The van der Waals surface area contributed by atoms with E-state index in [1.165, 1.54) is 39.5 Å². The fourth-order valence-corrected chi connectivity index (χ4v) is 5.49. The minimum atomic E-state index is -4.15. The number of anilines is 1. The molecule has 14 heteroatoms. The summed E-state index contributed by atoms with van der Waals surface area (Å²) < 4.78 is 47.1. The quantitative estimate of drug-likeness (QED) is 0.201. The van der Waals surface area contributed by atoms with Crippen molar-refractivity contribution in [1.82, 2.24) is 30.2 Å². The summed E-state index contributed by atoms with van der Waals surface area (Å²) in [6.07, 6.45) is 6.84. The Hall–Kier alpha value is -4.56. The number of likely N-dealkylation sites (N-methyl/N-ethyl adjacent to an activating group) is 1. The summed E-state index contributed by atoms with van der Waals surface area (Å²) in [6.45, 7) is 1.43. The van der Waals surface area contributed by atoms with E-state index in [-0.39, 0.29) is 28.1 Å². The first kappa shape index (κ1) is 29.4. The zero-order chi connectivity index (χ0) is 29.6. The summed E-state index contributed by atoms with van der Waals surface area (Å²) in [7, 11) is 3.96. The van der Waals surface area contributed by atoms with E-state index in [2.05, 4.69) is 25.3 Å². The lowest BCUT2D eigenvalue weighted by molar-refractivity contribution is -0.116. The van der Waals surface area contributed by atoms with Crippen LogP contribution >= 0.6 is 0 Å². The number of rotatable bonds is 13. The van der Waals surface area contributed by atoms with Crippen LogP contribution in [0.5, 0.6) is 17.2 Å². The van der Waals surface area contributed by atoms with Crippen molar-refractivity contribution in [2.24, 2.45) is 0 Å². The Morgan fingerprint density at radius 3 is 2.44 bits per heavy atom. The number of fused-ring (bicyclic) bond motifs is 1. The van der Waals surface area contributed by atoms with Gasteiger partial charge in [0.25, 0.3) is 10.0 Å². The third kappa shape index (κ3) is 6.96. The van der Waals surface area contributed by atoms with Gasteiger partial charge in [0.05, 0.1) is 45.0 Å². The average Bonchev–Trinajstić information content (AvgIpc) is 3.57. The zero-order valence-corrected chi connectivity index (χ0v) is 24.3. The lowest BCUT2D eigenvalue weighted by Gasteiger charge is -2.14. The molecule has 13 nitrogen and oxygen atoms in total. The highest BCUT2D eigenvalue weighted by Crippen LogP contribution is 2.37. The Morgan fingerprint density at radius 1 is 1.07 bits per heavy atom. The number of carbonyl (C=O) groups is 1. The van der Waals surface area contributed by atoms with Crippen LogP contribution in [0.1, 0.15) is 11.1 Å². The van der Waals surface area contributed by atoms with Gasteiger partial charge in [-0.3, -0.25) is 19.3 Å². The van der Waals surface area contributed by atoms with E-state index in [0.717, 1.165) is 11.1 Å². The van der Waals surface area contributed by atoms with Crippen LogP contribution in [0, 0.1) is 0 Å². The number of nitrogens with one attached hydrogen (secondary N) is 3. The Bertz CT molecular complexity index is 1640. The van der Waals surface area contributed by atoms with Crippen LogP contribution in [-0.2, 0) is 27.9 Å². The Morgan fingerprint density at radius 2 is 1.78 bits per heavy atom. The number of benzene rings is 2. The summed E-state index contributed by atoms with van der Waals surface area (Å²) in [4.78, 5) is 13.8. The van der Waals surface area contributed by atoms with E-state index < -0.39 is 10.0 Å². The monoisotopic (exact) mass is 583 g/mol. The fourth-order valence-electron chi connectivity index (χ4n) is 4.15. The predicted octanol–water partition coefficient (Wildman–Crippen LogP) is 2.37. The highest BCUT2D eigenvalue weighted by molar-refractivity contribution is 7.93. The van der Waals surface area contributed by atoms with Gasteiger partial charge in [0, 0.05) is 30.9 Å². The van der Waals surface area contributed by atoms with Gasteiger partial charge in [0.15, 0.2) is 10.7 Å². The lowest BCUT2D eigenvalue weighted by atomic mass is 10.1. The first-order valence-electron chi connectivity index (χ1n) is 12.5. The van der Waals surface area contributed by atoms with Gasteiger partial charge in [0.1, 0.15) is 17.2 Å². The maximum absolute atomic E-state index is 13.4. The van der Waals surface area contributed by atoms with E-state index in [0.29, 0.717) is 36.3 Å². The second-order valence-electron chi connectivity index (χ2n) is 9.32. The molecular weight excluding hydrogens is 550 g/mol. The van der Waals surface area contributed by atoms with Crippen LogP contribution in [0.25, 0.3) is 10.9 Å². The van der Waals surface area contributed by atoms with E-state index in [1.807, 2.05) is 31.3 Å². The van der Waals surface area contributed by atoms with Crippen LogP contribution in [0.2, 0.25) is 0 Å². The molecule has 0 saturated carbocycles. The number of amides is 1. The molecule has 4 aromatic rings. The van der Waals surface area contributed by atoms with Gasteiger partial charge >= 0.3 is 0 Å². The second kappa shape index (κ2) is 12.7. The Balaban J connectivity index is 1.52. The number of sulfonamides is 1. The molecule has 0 fully saturated rings. The first-order valence-corrected chi connectivity index (χ1v) is 14.0. The topological polar surface area (TPSA) is 153 Å². The summed E-state index contributed by atoms with van der Waals surface area (Å²) >= 11 is 0. The molecule has 0 aliphatic rings. The number of aromatic amines is 1. The van der Waals surface area contributed by atoms with Crippen molar-refractivity contribution in [3.05, 3.63) is 66.0 Å². The van der Waals surface area contributed by atoms with E-state index in [1.54, 1.807) is 29.1 Å². The molecule has 2 aromatic heterocycles. The maximum atomic E-state index is 13.4. The lowest BCUT2D eigenvalue weighted by Crippen LogP contribution is -2.20. The molecule has 2 aromatic carbocycles. The number of hydrogen-bond acceptors (Lipinski definition) is 9. The number of carbonyl (C=O) groups excluding carboxylic acids is 1. The number of aromatic nitrogens is 4. The molecule has 0 atom stereocenters. The minimum Gasteiger partial charge on any atom is -0.496 e. The summed E-state index contributed by atoms with van der Waals surface area (Å²) in [6, 6.07) is 8.33. The van der Waals surface area contributed by atoms with Crippen molar-refractivity contribution in [2.45, 2.75) is 18.0 Å². The Labute approximate surface area is 238 Å². The fraction of sp³-hybridized carbons (Fsp3) is 0.296. The number of nitrogens with zero attached hydrogens (tertiary/aromatic N) is 4. The molecule has 0 unspecified atom stereocenters. The summed E-state index contributed by atoms with van der Waals surface area (Å²) in [5.41, 5.74) is 2.25. The molecule has 3 N–H and O–H groups in total. The SMILES string of the molecule is COc1cccc(OC)c1S(=O)(=O)Nc1n[nH]c2cc(Cn3cc(CNC(=O)/C=C/CN(C)C)cn3)cc(OC)c12. The minimum absolute atomic E-state index is 0.0631. The number of ether oxygens (including phenoxy) is 3. The zero-order valence-electron chi connectivity index (χ0n) is 23.5. The molecule has 1 amide bonds. The predicted molar refractivity (Wildman–Crippen MR) is 154 cm³/mol. The molecule has 0 radical (unpaired) electrons. The number of H-pyrrole nitrogens is 1. The molecule has 41 heavy (non-hydrogen) atoms. The molecule has 0 aliphatic carbocycles. The molecule has 2 heterocycles. The van der Waals surface area contributed by atoms with Crippen molar-refractivity contribution in [3.8, 4) is 17.2 Å². The standard InChI is InChI=1S/C27H33N7O6S/c1-33(2)11-7-10-24(35)28-14-19-15-29-34(17-19)16-18-12-20-25(23(13-18)40-5)27(31-30-20)32-41(36,37)26-21(38-3)8-6-9-22(26)39-4/h6-10,12-13,15,17H,11,14,16H2,1-5H3,(H,28,35)(H2,30,31,32)/b10-7+. The van der Waals surface area contributed by atoms with Crippen LogP contribution in [0.4, 0.5) is 5.82 Å². The van der Waals surface area contributed by atoms with Gasteiger partial charge in [0.2, 0.25) is 5.91 Å². The van der Waals surface area contributed by atoms with Crippen molar-refractivity contribution in [2.75, 3.05) is 46.7 Å². The number of methoxy groups -OCH3 is 3. The third-order valence-corrected chi connectivity index (χ3v) is 7.43. The molecule has 0 aliphatic heterocycles. The summed E-state index contributed by atoms with van der Waals surface area (Å²) in [5, 5.41) is 14.8. The van der Waals surface area contributed by atoms with Gasteiger partial charge < -0.3 is 24.4 Å². The maximum Gasteiger partial charge on any atom is 0.270 e. The van der Waals surface area contributed by atoms with Gasteiger partial charge in [-0.1, -0.05) is 12.1 Å². The number of hydrogen-bond donors (Lipinski definition) is 3. The van der Waals surface area contributed by atoms with E-state index in [9.17, 15) is 13.2 Å². The second-order valence-corrected chi connectivity index (χ2v) is 10.9. The van der Waals surface area contributed by atoms with Gasteiger partial charge in [-0.15, -0.1) is 0 Å². The van der Waals surface area contributed by atoms with E-state index in [4.69, 9.17) is 14.2 Å². The van der Waals surface area contributed by atoms with Crippen molar-refractivity contribution >= 4 is 32.7 Å².